The third-order valence-corrected chi connectivity index (χ3v) is 2.85. The molecule has 0 bridgehead atoms. The second-order valence-corrected chi connectivity index (χ2v) is 4.45. The van der Waals surface area contributed by atoms with Crippen molar-refractivity contribution in [3.8, 4) is 0 Å². The molecule has 0 aliphatic heterocycles. The van der Waals surface area contributed by atoms with Crippen LogP contribution in [-0.4, -0.2) is 11.6 Å². The molecule has 0 amide bonds. The van der Waals surface area contributed by atoms with E-state index in [9.17, 15) is 35.9 Å². The van der Waals surface area contributed by atoms with Crippen molar-refractivity contribution in [2.75, 3.05) is 0 Å². The Labute approximate surface area is 119 Å². The van der Waals surface area contributed by atoms with Gasteiger partial charge in [-0.1, -0.05) is 0 Å². The fourth-order valence-corrected chi connectivity index (χ4v) is 1.85. The molecule has 0 saturated heterocycles. The molecule has 1 aromatic rings. The molecule has 0 aromatic heterocycles. The molecule has 2 rings (SSSR count). The van der Waals surface area contributed by atoms with Gasteiger partial charge in [0.25, 0.3) is 0 Å². The lowest BCUT2D eigenvalue weighted by Crippen LogP contribution is -2.13. The van der Waals surface area contributed by atoms with E-state index in [2.05, 4.69) is 0 Å². The van der Waals surface area contributed by atoms with Gasteiger partial charge in [0.2, 0.25) is 0 Å². The molecule has 0 saturated carbocycles. The van der Waals surface area contributed by atoms with Crippen LogP contribution < -0.4 is 0 Å². The average Bonchev–Trinajstić information content (AvgIpc) is 2.39. The summed E-state index contributed by atoms with van der Waals surface area (Å²) in [6, 6.07) is 0.770. The Kier molecular flexibility index (Phi) is 3.72. The normalized spacial score (nSPS) is 16.0. The summed E-state index contributed by atoms with van der Waals surface area (Å²) in [5.41, 5.74) is -4.21. The molecule has 1 aliphatic carbocycles. The van der Waals surface area contributed by atoms with Crippen LogP contribution in [0.15, 0.2) is 36.4 Å². The number of halogens is 6. The Hall–Kier alpha value is -2.38. The fraction of sp³-hybridized carbons (Fsp3) is 0.143. The van der Waals surface area contributed by atoms with Gasteiger partial charge in [-0.2, -0.15) is 26.3 Å². The number of alkyl halides is 6. The fourth-order valence-electron chi connectivity index (χ4n) is 1.85. The number of benzene rings is 1. The second-order valence-electron chi connectivity index (χ2n) is 4.45. The maximum atomic E-state index is 12.7. The predicted octanol–water partition coefficient (Wildman–Crippen LogP) is 3.82. The maximum absolute atomic E-state index is 12.7. The summed E-state index contributed by atoms with van der Waals surface area (Å²) in [7, 11) is 0. The smallest absolute Gasteiger partial charge is 0.290 e. The third kappa shape index (κ3) is 3.26. The van der Waals surface area contributed by atoms with Crippen molar-refractivity contribution in [2.24, 2.45) is 0 Å². The van der Waals surface area contributed by atoms with Crippen molar-refractivity contribution in [3.63, 3.8) is 0 Å². The van der Waals surface area contributed by atoms with Crippen LogP contribution in [-0.2, 0) is 21.9 Å². The minimum Gasteiger partial charge on any atom is -0.290 e. The molecule has 0 radical (unpaired) electrons. The van der Waals surface area contributed by atoms with Crippen molar-refractivity contribution in [1.82, 2.24) is 0 Å². The van der Waals surface area contributed by atoms with E-state index in [1.807, 2.05) is 0 Å². The van der Waals surface area contributed by atoms with Crippen LogP contribution in [0.4, 0.5) is 26.3 Å². The minimum absolute atomic E-state index is 0.0466. The lowest BCUT2D eigenvalue weighted by Gasteiger charge is -2.15. The molecular formula is C14H6F6O2. The summed E-state index contributed by atoms with van der Waals surface area (Å²) in [6.45, 7) is 0. The summed E-state index contributed by atoms with van der Waals surface area (Å²) < 4.78 is 76.3. The van der Waals surface area contributed by atoms with E-state index in [1.165, 1.54) is 0 Å². The van der Waals surface area contributed by atoms with Crippen LogP contribution in [0.1, 0.15) is 16.7 Å². The average molecular weight is 320 g/mol. The van der Waals surface area contributed by atoms with E-state index in [-0.39, 0.29) is 6.07 Å². The van der Waals surface area contributed by atoms with Crippen LogP contribution in [0.25, 0.3) is 5.57 Å². The van der Waals surface area contributed by atoms with E-state index in [1.54, 1.807) is 0 Å². The number of allylic oxidation sites excluding steroid dienone is 4. The highest BCUT2D eigenvalue weighted by Crippen LogP contribution is 2.38. The second kappa shape index (κ2) is 5.11. The van der Waals surface area contributed by atoms with E-state index < -0.39 is 46.2 Å². The van der Waals surface area contributed by atoms with E-state index in [4.69, 9.17) is 0 Å². The zero-order chi connectivity index (χ0) is 16.7. The molecule has 0 heterocycles. The largest absolute Gasteiger partial charge is 0.416 e. The Morgan fingerprint density at radius 3 is 1.68 bits per heavy atom. The first-order valence-corrected chi connectivity index (χ1v) is 5.76. The summed E-state index contributed by atoms with van der Waals surface area (Å²) in [5, 5.41) is 0. The van der Waals surface area contributed by atoms with Gasteiger partial charge in [0.15, 0.2) is 11.6 Å². The summed E-state index contributed by atoms with van der Waals surface area (Å²) in [4.78, 5) is 22.8. The molecule has 1 aliphatic rings. The van der Waals surface area contributed by atoms with Gasteiger partial charge in [-0.15, -0.1) is 0 Å². The monoisotopic (exact) mass is 320 g/mol. The topological polar surface area (TPSA) is 34.1 Å². The molecule has 2 nitrogen and oxygen atoms in total. The molecule has 0 unspecified atom stereocenters. The highest BCUT2D eigenvalue weighted by atomic mass is 19.4. The van der Waals surface area contributed by atoms with E-state index in [0.717, 1.165) is 12.2 Å². The molecule has 116 valence electrons. The molecule has 0 spiro atoms. The zero-order valence-corrected chi connectivity index (χ0v) is 10.5. The Bertz CT molecular complexity index is 675. The quantitative estimate of drug-likeness (QED) is 0.582. The van der Waals surface area contributed by atoms with Crippen molar-refractivity contribution >= 4 is 17.1 Å². The molecule has 0 atom stereocenters. The van der Waals surface area contributed by atoms with E-state index in [0.29, 0.717) is 18.2 Å². The van der Waals surface area contributed by atoms with Gasteiger partial charge in [-0.05, 0) is 42.0 Å². The van der Waals surface area contributed by atoms with Crippen LogP contribution in [0.3, 0.4) is 0 Å². The number of carbonyl (C=O) groups excluding carboxylic acids is 2. The lowest BCUT2D eigenvalue weighted by molar-refractivity contribution is -0.143. The summed E-state index contributed by atoms with van der Waals surface area (Å²) >= 11 is 0. The summed E-state index contributed by atoms with van der Waals surface area (Å²) in [6.07, 6.45) is -7.66. The molecular weight excluding hydrogens is 314 g/mol. The Balaban J connectivity index is 2.66. The van der Waals surface area contributed by atoms with Gasteiger partial charge in [-0.3, -0.25) is 9.59 Å². The van der Waals surface area contributed by atoms with Gasteiger partial charge >= 0.3 is 12.4 Å². The van der Waals surface area contributed by atoms with Crippen molar-refractivity contribution in [2.45, 2.75) is 12.4 Å². The zero-order valence-electron chi connectivity index (χ0n) is 10.5. The highest BCUT2D eigenvalue weighted by Gasteiger charge is 2.37. The van der Waals surface area contributed by atoms with Gasteiger partial charge in [-0.25, -0.2) is 0 Å². The standard InChI is InChI=1S/C14H6F6O2/c15-13(16,17)8-3-7(4-9(5-8)14(18,19)20)11-6-10(21)1-2-12(11)22/h1-6H. The van der Waals surface area contributed by atoms with Crippen molar-refractivity contribution in [1.29, 1.82) is 0 Å². The molecule has 0 fully saturated rings. The molecule has 0 N–H and O–H groups in total. The number of hydrogen-bond donors (Lipinski definition) is 0. The maximum Gasteiger partial charge on any atom is 0.416 e. The van der Waals surface area contributed by atoms with Gasteiger partial charge < -0.3 is 0 Å². The first-order chi connectivity index (χ1) is 9.98. The Morgan fingerprint density at radius 1 is 0.727 bits per heavy atom. The predicted molar refractivity (Wildman–Crippen MR) is 63.6 cm³/mol. The SMILES string of the molecule is O=C1C=CC(=O)C(c2cc(C(F)(F)F)cc(C(F)(F)F)c2)=C1. The molecule has 1 aromatic carbocycles. The lowest BCUT2D eigenvalue weighted by atomic mass is 9.93. The first kappa shape index (κ1) is 16.0. The number of hydrogen-bond acceptors (Lipinski definition) is 2. The van der Waals surface area contributed by atoms with E-state index >= 15 is 0 Å². The van der Waals surface area contributed by atoms with Gasteiger partial charge in [0, 0.05) is 5.57 Å². The van der Waals surface area contributed by atoms with Crippen molar-refractivity contribution in [3.05, 3.63) is 53.1 Å². The van der Waals surface area contributed by atoms with Gasteiger partial charge in [0.05, 0.1) is 11.1 Å². The number of ketones is 2. The van der Waals surface area contributed by atoms with Crippen LogP contribution in [0.5, 0.6) is 0 Å². The van der Waals surface area contributed by atoms with Gasteiger partial charge in [0.1, 0.15) is 0 Å². The van der Waals surface area contributed by atoms with Crippen LogP contribution in [0, 0.1) is 0 Å². The third-order valence-electron chi connectivity index (χ3n) is 2.85. The van der Waals surface area contributed by atoms with Crippen molar-refractivity contribution < 1.29 is 35.9 Å². The first-order valence-electron chi connectivity index (χ1n) is 5.76. The minimum atomic E-state index is -5.02. The molecule has 8 heteroatoms. The number of rotatable bonds is 1. The highest BCUT2D eigenvalue weighted by molar-refractivity contribution is 6.33. The van der Waals surface area contributed by atoms with Crippen LogP contribution >= 0.6 is 0 Å². The Morgan fingerprint density at radius 2 is 1.23 bits per heavy atom. The number of carbonyl (C=O) groups is 2. The summed E-state index contributed by atoms with van der Waals surface area (Å²) in [5.74, 6) is -1.53. The van der Waals surface area contributed by atoms with Crippen LogP contribution in [0.2, 0.25) is 0 Å². The molecule has 22 heavy (non-hydrogen) atoms.